The Morgan fingerprint density at radius 1 is 1.57 bits per heavy atom. The maximum absolute atomic E-state index is 12.7. The second kappa shape index (κ2) is 4.52. The van der Waals surface area contributed by atoms with Gasteiger partial charge in [0.1, 0.15) is 5.82 Å². The van der Waals surface area contributed by atoms with Crippen molar-refractivity contribution in [3.05, 3.63) is 34.1 Å². The predicted molar refractivity (Wildman–Crippen MR) is 55.0 cm³/mol. The summed E-state index contributed by atoms with van der Waals surface area (Å²) in [6, 6.07) is 3.47. The molecular formula is C9H10BrFN2O. The van der Waals surface area contributed by atoms with Crippen LogP contribution in [0.15, 0.2) is 22.7 Å². The van der Waals surface area contributed by atoms with Crippen LogP contribution in [0.25, 0.3) is 0 Å². The summed E-state index contributed by atoms with van der Waals surface area (Å²) < 4.78 is 13.3. The summed E-state index contributed by atoms with van der Waals surface area (Å²) in [5.74, 6) is -0.908. The number of halogens is 2. The smallest absolute Gasteiger partial charge is 0.234 e. The van der Waals surface area contributed by atoms with Gasteiger partial charge in [-0.1, -0.05) is 22.0 Å². The molecule has 0 saturated heterocycles. The lowest BCUT2D eigenvalue weighted by atomic mass is 10.1. The standard InChI is InChI=1S/C9H10BrFN2O/c10-7-4-6(11)2-1-5(7)3-8(12)9(13)14/h1-2,4,8H,3,12H2,(H2,13,14). The van der Waals surface area contributed by atoms with E-state index in [1.807, 2.05) is 0 Å². The Balaban J connectivity index is 2.82. The number of primary amides is 1. The van der Waals surface area contributed by atoms with Crippen LogP contribution in [0.1, 0.15) is 5.56 Å². The van der Waals surface area contributed by atoms with Gasteiger partial charge in [-0.3, -0.25) is 4.79 Å². The molecule has 4 N–H and O–H groups in total. The van der Waals surface area contributed by atoms with Crippen molar-refractivity contribution in [1.82, 2.24) is 0 Å². The molecule has 0 aliphatic carbocycles. The third kappa shape index (κ3) is 2.78. The molecule has 0 aliphatic heterocycles. The third-order valence-corrected chi connectivity index (χ3v) is 2.56. The van der Waals surface area contributed by atoms with Crippen LogP contribution in [0.4, 0.5) is 4.39 Å². The molecule has 1 amide bonds. The van der Waals surface area contributed by atoms with Gasteiger partial charge in [0.25, 0.3) is 0 Å². The molecule has 0 fully saturated rings. The number of carbonyl (C=O) groups excluding carboxylic acids is 1. The first-order chi connectivity index (χ1) is 6.50. The summed E-state index contributed by atoms with van der Waals surface area (Å²) in [5.41, 5.74) is 11.2. The van der Waals surface area contributed by atoms with Crippen molar-refractivity contribution in [3.8, 4) is 0 Å². The van der Waals surface area contributed by atoms with Gasteiger partial charge in [0.2, 0.25) is 5.91 Å². The van der Waals surface area contributed by atoms with E-state index in [4.69, 9.17) is 11.5 Å². The molecule has 1 unspecified atom stereocenters. The van der Waals surface area contributed by atoms with Crippen molar-refractivity contribution < 1.29 is 9.18 Å². The quantitative estimate of drug-likeness (QED) is 0.850. The lowest BCUT2D eigenvalue weighted by molar-refractivity contribution is -0.119. The number of hydrogen-bond donors (Lipinski definition) is 2. The fourth-order valence-electron chi connectivity index (χ4n) is 1.02. The summed E-state index contributed by atoms with van der Waals surface area (Å²) in [5, 5.41) is 0. The number of amides is 1. The molecule has 0 spiro atoms. The predicted octanol–water partition coefficient (Wildman–Crippen LogP) is 0.943. The molecule has 1 atom stereocenters. The minimum Gasteiger partial charge on any atom is -0.368 e. The van der Waals surface area contributed by atoms with E-state index in [9.17, 15) is 9.18 Å². The Labute approximate surface area is 89.4 Å². The van der Waals surface area contributed by atoms with Crippen LogP contribution in [0.3, 0.4) is 0 Å². The topological polar surface area (TPSA) is 69.1 Å². The van der Waals surface area contributed by atoms with Crippen LogP contribution in [0, 0.1) is 5.82 Å². The molecule has 76 valence electrons. The zero-order chi connectivity index (χ0) is 10.7. The van der Waals surface area contributed by atoms with Crippen LogP contribution in [-0.2, 0) is 11.2 Å². The Bertz CT molecular complexity index is 357. The Kier molecular flexibility index (Phi) is 3.60. The molecule has 1 aromatic rings. The van der Waals surface area contributed by atoms with E-state index in [1.54, 1.807) is 6.07 Å². The van der Waals surface area contributed by atoms with Crippen molar-refractivity contribution in [2.75, 3.05) is 0 Å². The first kappa shape index (κ1) is 11.1. The van der Waals surface area contributed by atoms with Crippen LogP contribution >= 0.6 is 15.9 Å². The monoisotopic (exact) mass is 260 g/mol. The summed E-state index contributed by atoms with van der Waals surface area (Å²) in [4.78, 5) is 10.7. The van der Waals surface area contributed by atoms with E-state index in [1.165, 1.54) is 12.1 Å². The van der Waals surface area contributed by atoms with E-state index in [-0.39, 0.29) is 5.82 Å². The maximum atomic E-state index is 12.7. The highest BCUT2D eigenvalue weighted by Gasteiger charge is 2.12. The molecule has 0 aromatic heterocycles. The van der Waals surface area contributed by atoms with E-state index < -0.39 is 11.9 Å². The lowest BCUT2D eigenvalue weighted by Crippen LogP contribution is -2.38. The van der Waals surface area contributed by atoms with E-state index in [2.05, 4.69) is 15.9 Å². The van der Waals surface area contributed by atoms with Gasteiger partial charge in [-0.05, 0) is 24.1 Å². The first-order valence-electron chi connectivity index (χ1n) is 3.99. The molecule has 14 heavy (non-hydrogen) atoms. The average Bonchev–Trinajstić information content (AvgIpc) is 2.09. The summed E-state index contributed by atoms with van der Waals surface area (Å²) in [6.07, 6.45) is 0.302. The number of rotatable bonds is 3. The van der Waals surface area contributed by atoms with E-state index in [0.29, 0.717) is 10.9 Å². The van der Waals surface area contributed by atoms with Crippen molar-refractivity contribution in [1.29, 1.82) is 0 Å². The number of carbonyl (C=O) groups is 1. The molecule has 0 heterocycles. The van der Waals surface area contributed by atoms with Crippen LogP contribution in [0.2, 0.25) is 0 Å². The molecule has 0 aliphatic rings. The minimum absolute atomic E-state index is 0.302. The highest BCUT2D eigenvalue weighted by molar-refractivity contribution is 9.10. The molecule has 5 heteroatoms. The second-order valence-electron chi connectivity index (χ2n) is 2.95. The van der Waals surface area contributed by atoms with E-state index in [0.717, 1.165) is 5.56 Å². The van der Waals surface area contributed by atoms with Gasteiger partial charge in [0.05, 0.1) is 6.04 Å². The van der Waals surface area contributed by atoms with Crippen molar-refractivity contribution >= 4 is 21.8 Å². The zero-order valence-corrected chi connectivity index (χ0v) is 8.92. The van der Waals surface area contributed by atoms with Gasteiger partial charge in [-0.25, -0.2) is 4.39 Å². The van der Waals surface area contributed by atoms with Gasteiger partial charge in [-0.2, -0.15) is 0 Å². The molecule has 1 aromatic carbocycles. The van der Waals surface area contributed by atoms with Gasteiger partial charge >= 0.3 is 0 Å². The number of hydrogen-bond acceptors (Lipinski definition) is 2. The van der Waals surface area contributed by atoms with Gasteiger partial charge in [-0.15, -0.1) is 0 Å². The summed E-state index contributed by atoms with van der Waals surface area (Å²) in [6.45, 7) is 0. The maximum Gasteiger partial charge on any atom is 0.234 e. The Hall–Kier alpha value is -0.940. The Morgan fingerprint density at radius 3 is 2.71 bits per heavy atom. The molecule has 3 nitrogen and oxygen atoms in total. The first-order valence-corrected chi connectivity index (χ1v) is 4.79. The summed E-state index contributed by atoms with van der Waals surface area (Å²) >= 11 is 3.18. The van der Waals surface area contributed by atoms with Crippen LogP contribution in [0.5, 0.6) is 0 Å². The molecular weight excluding hydrogens is 251 g/mol. The van der Waals surface area contributed by atoms with Crippen LogP contribution in [-0.4, -0.2) is 11.9 Å². The normalized spacial score (nSPS) is 12.5. The average molecular weight is 261 g/mol. The van der Waals surface area contributed by atoms with Crippen molar-refractivity contribution in [3.63, 3.8) is 0 Å². The van der Waals surface area contributed by atoms with Crippen LogP contribution < -0.4 is 11.5 Å². The fraction of sp³-hybridized carbons (Fsp3) is 0.222. The second-order valence-corrected chi connectivity index (χ2v) is 3.80. The van der Waals surface area contributed by atoms with Gasteiger partial charge < -0.3 is 11.5 Å². The lowest BCUT2D eigenvalue weighted by Gasteiger charge is -2.08. The zero-order valence-electron chi connectivity index (χ0n) is 7.34. The SMILES string of the molecule is NC(=O)C(N)Cc1ccc(F)cc1Br. The molecule has 0 saturated carbocycles. The van der Waals surface area contributed by atoms with Crippen molar-refractivity contribution in [2.24, 2.45) is 11.5 Å². The highest BCUT2D eigenvalue weighted by Crippen LogP contribution is 2.18. The molecule has 0 bridgehead atoms. The minimum atomic E-state index is -0.739. The fourth-order valence-corrected chi connectivity index (χ4v) is 1.54. The summed E-state index contributed by atoms with van der Waals surface area (Å²) in [7, 11) is 0. The third-order valence-electron chi connectivity index (χ3n) is 1.82. The van der Waals surface area contributed by atoms with Crippen molar-refractivity contribution in [2.45, 2.75) is 12.5 Å². The Morgan fingerprint density at radius 2 is 2.21 bits per heavy atom. The van der Waals surface area contributed by atoms with E-state index >= 15 is 0 Å². The highest BCUT2D eigenvalue weighted by atomic mass is 79.9. The van der Waals surface area contributed by atoms with Gasteiger partial charge in [0.15, 0.2) is 0 Å². The molecule has 0 radical (unpaired) electrons. The number of benzene rings is 1. The molecule has 1 rings (SSSR count). The van der Waals surface area contributed by atoms with Gasteiger partial charge in [0, 0.05) is 4.47 Å². The largest absolute Gasteiger partial charge is 0.368 e. The number of nitrogens with two attached hydrogens (primary N) is 2.